The summed E-state index contributed by atoms with van der Waals surface area (Å²) in [4.78, 5) is 25.5. The van der Waals surface area contributed by atoms with Crippen molar-refractivity contribution in [3.63, 3.8) is 0 Å². The Balaban J connectivity index is 1.69. The average molecular weight is 330 g/mol. The SMILES string of the molecule is Cc1nc2ncnn2c(C)c1CCC(=O)N1CC(C)C(N(C)C)C1. The molecular formula is C17H26N6O. The summed E-state index contributed by atoms with van der Waals surface area (Å²) in [5, 5.41) is 4.21. The minimum Gasteiger partial charge on any atom is -0.341 e. The number of nitrogens with zero attached hydrogens (tertiary/aromatic N) is 6. The number of aryl methyl sites for hydroxylation is 2. The Hall–Kier alpha value is -2.02. The Labute approximate surface area is 142 Å². The summed E-state index contributed by atoms with van der Waals surface area (Å²) in [6.45, 7) is 7.87. The molecule has 0 N–H and O–H groups in total. The van der Waals surface area contributed by atoms with Crippen LogP contribution in [0.3, 0.4) is 0 Å². The molecule has 7 heteroatoms. The minimum atomic E-state index is 0.226. The molecule has 2 aromatic rings. The van der Waals surface area contributed by atoms with Crippen LogP contribution in [0.15, 0.2) is 6.33 Å². The first-order valence-corrected chi connectivity index (χ1v) is 8.48. The molecule has 0 radical (unpaired) electrons. The average Bonchev–Trinajstić information content (AvgIpc) is 3.13. The number of likely N-dealkylation sites (tertiary alicyclic amines) is 1. The standard InChI is InChI=1S/C17H26N6O/c1-11-8-22(9-15(11)21(4)5)16(24)7-6-14-12(2)20-17-18-10-19-23(17)13(14)3/h10-11,15H,6-9H2,1-5H3. The third-order valence-electron chi connectivity index (χ3n) is 5.17. The Morgan fingerprint density at radius 3 is 2.75 bits per heavy atom. The summed E-state index contributed by atoms with van der Waals surface area (Å²) in [5.41, 5.74) is 3.04. The van der Waals surface area contributed by atoms with Crippen molar-refractivity contribution >= 4 is 11.7 Å². The van der Waals surface area contributed by atoms with Crippen LogP contribution in [0.5, 0.6) is 0 Å². The lowest BCUT2D eigenvalue weighted by atomic mass is 10.1. The lowest BCUT2D eigenvalue weighted by molar-refractivity contribution is -0.130. The normalized spacial score (nSPS) is 21.2. The Morgan fingerprint density at radius 1 is 1.33 bits per heavy atom. The van der Waals surface area contributed by atoms with Crippen molar-refractivity contribution in [2.45, 2.75) is 39.7 Å². The number of likely N-dealkylation sites (N-methyl/N-ethyl adjacent to an activating group) is 1. The highest BCUT2D eigenvalue weighted by molar-refractivity contribution is 5.77. The number of amides is 1. The molecule has 0 spiro atoms. The van der Waals surface area contributed by atoms with Crippen LogP contribution in [0.1, 0.15) is 30.3 Å². The van der Waals surface area contributed by atoms with E-state index in [0.717, 1.165) is 30.0 Å². The van der Waals surface area contributed by atoms with E-state index in [4.69, 9.17) is 0 Å². The first kappa shape index (κ1) is 16.8. The second kappa shape index (κ2) is 6.47. The summed E-state index contributed by atoms with van der Waals surface area (Å²) in [7, 11) is 4.17. The highest BCUT2D eigenvalue weighted by atomic mass is 16.2. The summed E-state index contributed by atoms with van der Waals surface area (Å²) < 4.78 is 1.74. The first-order chi connectivity index (χ1) is 11.4. The molecule has 0 aliphatic carbocycles. The largest absolute Gasteiger partial charge is 0.341 e. The van der Waals surface area contributed by atoms with Gasteiger partial charge in [0.2, 0.25) is 5.91 Å². The zero-order valence-corrected chi connectivity index (χ0v) is 15.2. The summed E-state index contributed by atoms with van der Waals surface area (Å²) in [6, 6.07) is 0.450. The van der Waals surface area contributed by atoms with Gasteiger partial charge >= 0.3 is 0 Å². The van der Waals surface area contributed by atoms with E-state index in [1.54, 1.807) is 4.52 Å². The number of hydrogen-bond acceptors (Lipinski definition) is 5. The van der Waals surface area contributed by atoms with Crippen LogP contribution in [0.4, 0.5) is 0 Å². The van der Waals surface area contributed by atoms with Gasteiger partial charge in [-0.1, -0.05) is 6.92 Å². The molecule has 2 aromatic heterocycles. The molecule has 130 valence electrons. The topological polar surface area (TPSA) is 66.6 Å². The maximum absolute atomic E-state index is 12.6. The second-order valence-corrected chi connectivity index (χ2v) is 7.04. The van der Waals surface area contributed by atoms with E-state index in [-0.39, 0.29) is 5.91 Å². The van der Waals surface area contributed by atoms with Gasteiger partial charge in [0.25, 0.3) is 5.78 Å². The molecule has 3 heterocycles. The van der Waals surface area contributed by atoms with Crippen LogP contribution >= 0.6 is 0 Å². The van der Waals surface area contributed by atoms with Crippen molar-refractivity contribution in [2.75, 3.05) is 27.2 Å². The van der Waals surface area contributed by atoms with E-state index in [2.05, 4.69) is 41.0 Å². The van der Waals surface area contributed by atoms with Crippen LogP contribution < -0.4 is 0 Å². The van der Waals surface area contributed by atoms with E-state index in [1.807, 2.05) is 18.7 Å². The maximum atomic E-state index is 12.6. The molecule has 24 heavy (non-hydrogen) atoms. The van der Waals surface area contributed by atoms with E-state index in [9.17, 15) is 4.79 Å². The first-order valence-electron chi connectivity index (χ1n) is 8.48. The van der Waals surface area contributed by atoms with Crippen LogP contribution in [0, 0.1) is 19.8 Å². The summed E-state index contributed by atoms with van der Waals surface area (Å²) in [6.07, 6.45) is 2.71. The molecular weight excluding hydrogens is 304 g/mol. The van der Waals surface area contributed by atoms with Crippen molar-refractivity contribution in [3.05, 3.63) is 23.3 Å². The fourth-order valence-corrected chi connectivity index (χ4v) is 3.73. The molecule has 0 saturated carbocycles. The Bertz CT molecular complexity index is 753. The highest BCUT2D eigenvalue weighted by Gasteiger charge is 2.33. The molecule has 1 amide bonds. The fraction of sp³-hybridized carbons (Fsp3) is 0.647. The van der Waals surface area contributed by atoms with Crippen LogP contribution in [0.25, 0.3) is 5.78 Å². The molecule has 3 rings (SSSR count). The molecule has 0 bridgehead atoms. The van der Waals surface area contributed by atoms with Gasteiger partial charge in [0.1, 0.15) is 6.33 Å². The van der Waals surface area contributed by atoms with Gasteiger partial charge in [0, 0.05) is 36.9 Å². The minimum absolute atomic E-state index is 0.226. The van der Waals surface area contributed by atoms with Crippen molar-refractivity contribution in [1.82, 2.24) is 29.4 Å². The van der Waals surface area contributed by atoms with Gasteiger partial charge in [-0.3, -0.25) is 4.79 Å². The lowest BCUT2D eigenvalue weighted by Crippen LogP contribution is -2.35. The van der Waals surface area contributed by atoms with E-state index < -0.39 is 0 Å². The molecule has 1 aliphatic rings. The smallest absolute Gasteiger partial charge is 0.252 e. The highest BCUT2D eigenvalue weighted by Crippen LogP contribution is 2.22. The Morgan fingerprint density at radius 2 is 2.08 bits per heavy atom. The van der Waals surface area contributed by atoms with Gasteiger partial charge in [-0.15, -0.1) is 0 Å². The van der Waals surface area contributed by atoms with Crippen molar-refractivity contribution in [2.24, 2.45) is 5.92 Å². The summed E-state index contributed by atoms with van der Waals surface area (Å²) in [5.74, 6) is 1.35. The maximum Gasteiger partial charge on any atom is 0.252 e. The molecule has 1 fully saturated rings. The molecule has 1 saturated heterocycles. The van der Waals surface area contributed by atoms with Gasteiger partial charge in [0.05, 0.1) is 0 Å². The molecule has 7 nitrogen and oxygen atoms in total. The van der Waals surface area contributed by atoms with Crippen LogP contribution in [0.2, 0.25) is 0 Å². The zero-order valence-electron chi connectivity index (χ0n) is 15.2. The number of hydrogen-bond donors (Lipinski definition) is 0. The fourth-order valence-electron chi connectivity index (χ4n) is 3.73. The predicted octanol–water partition coefficient (Wildman–Crippen LogP) is 1.08. The summed E-state index contributed by atoms with van der Waals surface area (Å²) >= 11 is 0. The molecule has 2 atom stereocenters. The van der Waals surface area contributed by atoms with Gasteiger partial charge < -0.3 is 9.80 Å². The van der Waals surface area contributed by atoms with E-state index >= 15 is 0 Å². The quantitative estimate of drug-likeness (QED) is 0.839. The number of aromatic nitrogens is 4. The number of rotatable bonds is 4. The third kappa shape index (κ3) is 3.00. The van der Waals surface area contributed by atoms with Gasteiger partial charge in [-0.2, -0.15) is 10.1 Å². The predicted molar refractivity (Wildman–Crippen MR) is 91.8 cm³/mol. The van der Waals surface area contributed by atoms with Crippen molar-refractivity contribution in [3.8, 4) is 0 Å². The van der Waals surface area contributed by atoms with Gasteiger partial charge in [-0.05, 0) is 45.8 Å². The number of fused-ring (bicyclic) bond motifs is 1. The van der Waals surface area contributed by atoms with Gasteiger partial charge in [0.15, 0.2) is 0 Å². The van der Waals surface area contributed by atoms with Crippen LogP contribution in [-0.4, -0.2) is 68.5 Å². The molecule has 1 aliphatic heterocycles. The number of carbonyl (C=O) groups is 1. The van der Waals surface area contributed by atoms with Crippen molar-refractivity contribution in [1.29, 1.82) is 0 Å². The van der Waals surface area contributed by atoms with E-state index in [1.165, 1.54) is 6.33 Å². The molecule has 2 unspecified atom stereocenters. The third-order valence-corrected chi connectivity index (χ3v) is 5.17. The Kier molecular flexibility index (Phi) is 4.54. The molecule has 0 aromatic carbocycles. The van der Waals surface area contributed by atoms with Crippen molar-refractivity contribution < 1.29 is 4.79 Å². The monoisotopic (exact) mass is 330 g/mol. The number of carbonyl (C=O) groups excluding carboxylic acids is 1. The van der Waals surface area contributed by atoms with Crippen LogP contribution in [-0.2, 0) is 11.2 Å². The van der Waals surface area contributed by atoms with Gasteiger partial charge in [-0.25, -0.2) is 9.50 Å². The second-order valence-electron chi connectivity index (χ2n) is 7.04. The van der Waals surface area contributed by atoms with E-state index in [0.29, 0.717) is 30.6 Å². The lowest BCUT2D eigenvalue weighted by Gasteiger charge is -2.22. The zero-order chi connectivity index (χ0) is 17.4.